The average molecular weight is 493 g/mol. The molecule has 5 heteroatoms. The molecule has 1 fully saturated rings. The fourth-order valence-corrected chi connectivity index (χ4v) is 7.30. The van der Waals surface area contributed by atoms with Gasteiger partial charge in [0.15, 0.2) is 11.5 Å². The van der Waals surface area contributed by atoms with Crippen molar-refractivity contribution in [3.63, 3.8) is 0 Å². The van der Waals surface area contributed by atoms with Gasteiger partial charge >= 0.3 is 0 Å². The second kappa shape index (κ2) is 9.64. The highest BCUT2D eigenvalue weighted by Gasteiger charge is 2.57. The van der Waals surface area contributed by atoms with E-state index < -0.39 is 5.41 Å². The Hall–Kier alpha value is -2.69. The van der Waals surface area contributed by atoms with Gasteiger partial charge in [0.1, 0.15) is 11.5 Å². The molecule has 0 saturated heterocycles. The number of hydrogen-bond donors (Lipinski definition) is 0. The second-order valence-corrected chi connectivity index (χ2v) is 10.9. The van der Waals surface area contributed by atoms with Crippen molar-refractivity contribution in [2.24, 2.45) is 17.3 Å². The highest BCUT2D eigenvalue weighted by atomic mass is 16.5. The quantitative estimate of drug-likeness (QED) is 0.390. The van der Waals surface area contributed by atoms with E-state index in [0.29, 0.717) is 41.3 Å². The van der Waals surface area contributed by atoms with Gasteiger partial charge in [-0.25, -0.2) is 0 Å². The molecular weight excluding hydrogens is 452 g/mol. The molecule has 0 bridgehead atoms. The molecule has 1 heterocycles. The van der Waals surface area contributed by atoms with Crippen LogP contribution in [0, 0.1) is 17.3 Å². The summed E-state index contributed by atoms with van der Waals surface area (Å²) in [6, 6.07) is 8.76. The molecule has 4 unspecified atom stereocenters. The van der Waals surface area contributed by atoms with E-state index in [4.69, 9.17) is 18.9 Å². The van der Waals surface area contributed by atoms with Crippen LogP contribution in [-0.2, 0) is 11.2 Å². The minimum Gasteiger partial charge on any atom is -0.493 e. The lowest BCUT2D eigenvalue weighted by Crippen LogP contribution is -2.48. The fraction of sp³-hybridized carbons (Fsp3) is 0.581. The molecular formula is C31H40O5. The molecule has 0 N–H and O–H groups in total. The fourth-order valence-electron chi connectivity index (χ4n) is 7.30. The summed E-state index contributed by atoms with van der Waals surface area (Å²) in [4.78, 5) is 14.2. The second-order valence-electron chi connectivity index (χ2n) is 10.9. The van der Waals surface area contributed by atoms with Crippen molar-refractivity contribution in [3.8, 4) is 23.0 Å². The lowest BCUT2D eigenvalue weighted by molar-refractivity contribution is -0.133. The van der Waals surface area contributed by atoms with Crippen LogP contribution in [0.4, 0.5) is 0 Å². The number of rotatable bonds is 9. The van der Waals surface area contributed by atoms with Crippen LogP contribution in [-0.4, -0.2) is 33.7 Å². The molecule has 0 radical (unpaired) electrons. The maximum Gasteiger partial charge on any atom is 0.203 e. The summed E-state index contributed by atoms with van der Waals surface area (Å²) in [5.41, 5.74) is 4.44. The first kappa shape index (κ1) is 25.0. The average Bonchev–Trinajstić information content (AvgIpc) is 3.62. The largest absolute Gasteiger partial charge is 0.493 e. The Balaban J connectivity index is 1.82. The minimum absolute atomic E-state index is 0.130. The van der Waals surface area contributed by atoms with Crippen LogP contribution in [0.25, 0.3) is 0 Å². The highest BCUT2D eigenvalue weighted by molar-refractivity contribution is 5.88. The summed E-state index contributed by atoms with van der Waals surface area (Å²) >= 11 is 0. The Morgan fingerprint density at radius 2 is 1.69 bits per heavy atom. The Morgan fingerprint density at radius 1 is 1.00 bits per heavy atom. The van der Waals surface area contributed by atoms with E-state index in [9.17, 15) is 4.79 Å². The number of fused-ring (bicyclic) bond motifs is 2. The molecule has 3 aliphatic rings. The molecule has 36 heavy (non-hydrogen) atoms. The predicted molar refractivity (Wildman–Crippen MR) is 141 cm³/mol. The monoisotopic (exact) mass is 492 g/mol. The lowest BCUT2D eigenvalue weighted by Gasteiger charge is -2.52. The summed E-state index contributed by atoms with van der Waals surface area (Å²) in [6.45, 7) is 7.33. The SMILES string of the molecule is CCCC(=O)C1(C)C(c2cc(OC)c(OC)c(OC)c2)c2cc3c(cc2C(C2CC2)C1CC)CCO3. The molecule has 0 amide bonds. The van der Waals surface area contributed by atoms with Crippen LogP contribution in [0.5, 0.6) is 23.0 Å². The van der Waals surface area contributed by atoms with Crippen molar-refractivity contribution < 1.29 is 23.7 Å². The van der Waals surface area contributed by atoms with Gasteiger partial charge in [0.25, 0.3) is 0 Å². The first-order valence-electron chi connectivity index (χ1n) is 13.5. The Bertz CT molecular complexity index is 1120. The van der Waals surface area contributed by atoms with E-state index in [0.717, 1.165) is 37.2 Å². The predicted octanol–water partition coefficient (Wildman–Crippen LogP) is 6.69. The molecule has 2 aromatic carbocycles. The number of methoxy groups -OCH3 is 3. The standard InChI is InChI=1S/C31H40O5/c1-7-9-27(32)31(3)23(8-2)28(18-10-11-18)21-14-19-12-13-36-24(19)17-22(21)29(31)20-15-25(33-4)30(35-6)26(16-20)34-5/h14-18,23,28-29H,7-13H2,1-6H3. The number of hydrogen-bond acceptors (Lipinski definition) is 5. The van der Waals surface area contributed by atoms with Crippen molar-refractivity contribution in [2.75, 3.05) is 27.9 Å². The zero-order chi connectivity index (χ0) is 25.6. The van der Waals surface area contributed by atoms with Crippen molar-refractivity contribution in [2.45, 2.75) is 71.1 Å². The first-order chi connectivity index (χ1) is 17.4. The maximum absolute atomic E-state index is 14.2. The van der Waals surface area contributed by atoms with Crippen LogP contribution >= 0.6 is 0 Å². The molecule has 5 rings (SSSR count). The van der Waals surface area contributed by atoms with E-state index in [-0.39, 0.29) is 11.8 Å². The van der Waals surface area contributed by atoms with Crippen molar-refractivity contribution in [1.82, 2.24) is 0 Å². The van der Waals surface area contributed by atoms with E-state index in [1.54, 1.807) is 21.3 Å². The Morgan fingerprint density at radius 3 is 2.25 bits per heavy atom. The van der Waals surface area contributed by atoms with E-state index in [1.807, 2.05) is 12.1 Å². The molecule has 2 aliphatic carbocycles. The molecule has 4 atom stereocenters. The zero-order valence-electron chi connectivity index (χ0n) is 22.6. The van der Waals surface area contributed by atoms with Gasteiger partial charge in [-0.2, -0.15) is 0 Å². The number of ether oxygens (including phenoxy) is 4. The van der Waals surface area contributed by atoms with Gasteiger partial charge in [-0.05, 0) is 77.5 Å². The third-order valence-electron chi connectivity index (χ3n) is 9.04. The van der Waals surface area contributed by atoms with Crippen LogP contribution in [0.3, 0.4) is 0 Å². The Kier molecular flexibility index (Phi) is 6.69. The number of ketones is 1. The van der Waals surface area contributed by atoms with Crippen LogP contribution in [0.15, 0.2) is 24.3 Å². The molecule has 1 aliphatic heterocycles. The van der Waals surface area contributed by atoms with Gasteiger partial charge in [0.05, 0.1) is 27.9 Å². The van der Waals surface area contributed by atoms with E-state index in [1.165, 1.54) is 29.5 Å². The van der Waals surface area contributed by atoms with Gasteiger partial charge in [-0.15, -0.1) is 0 Å². The van der Waals surface area contributed by atoms with Crippen molar-refractivity contribution >= 4 is 5.78 Å². The summed E-state index contributed by atoms with van der Waals surface area (Å²) in [5, 5.41) is 0. The molecule has 0 spiro atoms. The smallest absolute Gasteiger partial charge is 0.203 e. The number of benzene rings is 2. The normalized spacial score (nSPS) is 26.6. The van der Waals surface area contributed by atoms with Crippen molar-refractivity contribution in [3.05, 3.63) is 46.5 Å². The van der Waals surface area contributed by atoms with E-state index in [2.05, 4.69) is 32.9 Å². The van der Waals surface area contributed by atoms with Crippen LogP contribution in [0.2, 0.25) is 0 Å². The Labute approximate surface area is 215 Å². The minimum atomic E-state index is -0.553. The summed E-state index contributed by atoms with van der Waals surface area (Å²) in [5.74, 6) is 4.33. The first-order valence-corrected chi connectivity index (χ1v) is 13.5. The highest BCUT2D eigenvalue weighted by Crippen LogP contribution is 2.64. The summed E-state index contributed by atoms with van der Waals surface area (Å²) in [7, 11) is 4.92. The van der Waals surface area contributed by atoms with Gasteiger partial charge in [-0.3, -0.25) is 4.79 Å². The number of carbonyl (C=O) groups is 1. The van der Waals surface area contributed by atoms with Crippen LogP contribution in [0.1, 0.15) is 87.0 Å². The summed E-state index contributed by atoms with van der Waals surface area (Å²) in [6.07, 6.45) is 5.87. The topological polar surface area (TPSA) is 54.0 Å². The van der Waals surface area contributed by atoms with Crippen molar-refractivity contribution in [1.29, 1.82) is 0 Å². The molecule has 1 saturated carbocycles. The third kappa shape index (κ3) is 3.77. The lowest BCUT2D eigenvalue weighted by atomic mass is 9.50. The maximum atomic E-state index is 14.2. The number of Topliss-reactive ketones (excluding diaryl/α,β-unsaturated/α-hetero) is 1. The van der Waals surface area contributed by atoms with Gasteiger partial charge in [-0.1, -0.05) is 33.3 Å². The zero-order valence-corrected chi connectivity index (χ0v) is 22.6. The van der Waals surface area contributed by atoms with E-state index >= 15 is 0 Å². The van der Waals surface area contributed by atoms with Gasteiger partial charge in [0.2, 0.25) is 5.75 Å². The molecule has 194 valence electrons. The number of carbonyl (C=O) groups excluding carboxylic acids is 1. The third-order valence-corrected chi connectivity index (χ3v) is 9.04. The molecule has 5 nitrogen and oxygen atoms in total. The molecule has 0 aromatic heterocycles. The van der Waals surface area contributed by atoms with Crippen LogP contribution < -0.4 is 18.9 Å². The van der Waals surface area contributed by atoms with Gasteiger partial charge in [0, 0.05) is 24.2 Å². The summed E-state index contributed by atoms with van der Waals surface area (Å²) < 4.78 is 23.2. The molecule has 2 aromatic rings. The van der Waals surface area contributed by atoms with Gasteiger partial charge < -0.3 is 18.9 Å².